The molecular weight excluding hydrogens is 469 g/mol. The number of aliphatic hydroxyl groups excluding tert-OH is 1. The Morgan fingerprint density at radius 1 is 1.14 bits per heavy atom. The first-order chi connectivity index (χ1) is 13.2. The second kappa shape index (κ2) is 13.2. The number of aromatic hydroxyl groups is 1. The van der Waals surface area contributed by atoms with E-state index in [-0.39, 0.29) is 42.3 Å². The minimum atomic E-state index is -0.0250. The minimum absolute atomic E-state index is 0. The number of ether oxygens (including phenoxy) is 1. The van der Waals surface area contributed by atoms with Crippen LogP contribution in [-0.4, -0.2) is 49.5 Å². The highest BCUT2D eigenvalue weighted by Crippen LogP contribution is 2.26. The van der Waals surface area contributed by atoms with Crippen LogP contribution >= 0.6 is 24.0 Å². The summed E-state index contributed by atoms with van der Waals surface area (Å²) in [4.78, 5) is 4.61. The van der Waals surface area contributed by atoms with Crippen LogP contribution in [0.15, 0.2) is 53.5 Å². The zero-order valence-electron chi connectivity index (χ0n) is 16.4. The van der Waals surface area contributed by atoms with E-state index in [1.165, 1.54) is 7.11 Å². The van der Waals surface area contributed by atoms with Gasteiger partial charge in [0.2, 0.25) is 0 Å². The summed E-state index contributed by atoms with van der Waals surface area (Å²) in [7, 11) is 1.54. The highest BCUT2D eigenvalue weighted by Gasteiger charge is 2.10. The van der Waals surface area contributed by atoms with Gasteiger partial charge in [-0.15, -0.1) is 24.0 Å². The number of phenols is 1. The molecule has 0 amide bonds. The van der Waals surface area contributed by atoms with Crippen molar-refractivity contribution < 1.29 is 14.9 Å². The number of halogens is 1. The molecule has 0 radical (unpaired) electrons. The number of rotatable bonds is 9. The predicted octanol–water partition coefficient (Wildman–Crippen LogP) is 2.89. The molecule has 6 nitrogen and oxygen atoms in total. The van der Waals surface area contributed by atoms with Crippen molar-refractivity contribution in [3.05, 3.63) is 59.7 Å². The number of nitrogens with one attached hydrogen (secondary N) is 2. The molecule has 0 saturated heterocycles. The topological polar surface area (TPSA) is 86.1 Å². The van der Waals surface area contributed by atoms with Gasteiger partial charge in [0, 0.05) is 19.0 Å². The molecule has 0 bridgehead atoms. The number of nitrogens with zero attached hydrogens (tertiary/aromatic N) is 1. The van der Waals surface area contributed by atoms with E-state index in [0.29, 0.717) is 18.8 Å². The average molecular weight is 499 g/mol. The average Bonchev–Trinajstić information content (AvgIpc) is 2.70. The summed E-state index contributed by atoms with van der Waals surface area (Å²) in [6.45, 7) is 4.02. The number of guanidine groups is 1. The molecule has 1 atom stereocenters. The van der Waals surface area contributed by atoms with Crippen LogP contribution < -0.4 is 15.4 Å². The number of methoxy groups -OCH3 is 1. The van der Waals surface area contributed by atoms with Gasteiger partial charge in [0.15, 0.2) is 17.5 Å². The van der Waals surface area contributed by atoms with Gasteiger partial charge in [0.1, 0.15) is 0 Å². The molecule has 4 N–H and O–H groups in total. The van der Waals surface area contributed by atoms with Crippen molar-refractivity contribution in [2.75, 3.05) is 33.4 Å². The lowest BCUT2D eigenvalue weighted by Crippen LogP contribution is -2.38. The van der Waals surface area contributed by atoms with Crippen LogP contribution in [0.2, 0.25) is 0 Å². The van der Waals surface area contributed by atoms with Gasteiger partial charge >= 0.3 is 0 Å². The van der Waals surface area contributed by atoms with Crippen LogP contribution in [0.4, 0.5) is 0 Å². The Kier molecular flexibility index (Phi) is 11.4. The summed E-state index contributed by atoms with van der Waals surface area (Å²) < 4.78 is 5.14. The second-order valence-electron chi connectivity index (χ2n) is 6.19. The Morgan fingerprint density at radius 3 is 2.54 bits per heavy atom. The zero-order chi connectivity index (χ0) is 19.5. The molecule has 2 rings (SSSR count). The molecule has 0 aliphatic rings. The van der Waals surface area contributed by atoms with Crippen molar-refractivity contribution in [1.82, 2.24) is 10.6 Å². The van der Waals surface area contributed by atoms with Gasteiger partial charge in [0.25, 0.3) is 0 Å². The fourth-order valence-electron chi connectivity index (χ4n) is 2.74. The monoisotopic (exact) mass is 499 g/mol. The molecule has 0 saturated carbocycles. The molecule has 0 aliphatic carbocycles. The lowest BCUT2D eigenvalue weighted by Gasteiger charge is -2.15. The van der Waals surface area contributed by atoms with E-state index in [0.717, 1.165) is 30.1 Å². The Bertz CT molecular complexity index is 726. The van der Waals surface area contributed by atoms with Gasteiger partial charge in [-0.05, 0) is 36.6 Å². The summed E-state index contributed by atoms with van der Waals surface area (Å²) >= 11 is 0. The first-order valence-electron chi connectivity index (χ1n) is 9.21. The second-order valence-corrected chi connectivity index (χ2v) is 6.19. The molecule has 2 aromatic carbocycles. The van der Waals surface area contributed by atoms with Gasteiger partial charge < -0.3 is 25.6 Å². The fourth-order valence-corrected chi connectivity index (χ4v) is 2.74. The molecule has 1 unspecified atom stereocenters. The Morgan fingerprint density at radius 2 is 1.89 bits per heavy atom. The maximum atomic E-state index is 9.68. The van der Waals surface area contributed by atoms with Crippen molar-refractivity contribution in [3.63, 3.8) is 0 Å². The predicted molar refractivity (Wildman–Crippen MR) is 124 cm³/mol. The first kappa shape index (κ1) is 24.0. The summed E-state index contributed by atoms with van der Waals surface area (Å²) in [5, 5.41) is 25.9. The van der Waals surface area contributed by atoms with Gasteiger partial charge in [-0.1, -0.05) is 36.4 Å². The lowest BCUT2D eigenvalue weighted by atomic mass is 10.0. The zero-order valence-corrected chi connectivity index (χ0v) is 18.7. The molecule has 2 aromatic rings. The molecule has 0 aliphatic heterocycles. The number of aliphatic hydroxyl groups is 1. The first-order valence-corrected chi connectivity index (χ1v) is 9.21. The van der Waals surface area contributed by atoms with Gasteiger partial charge in [-0.2, -0.15) is 0 Å². The third-order valence-corrected chi connectivity index (χ3v) is 4.26. The SMILES string of the molecule is CCNC(=NCC(CO)c1ccccc1)NCCc1ccc(O)c(OC)c1.I. The van der Waals surface area contributed by atoms with E-state index in [9.17, 15) is 10.2 Å². The van der Waals surface area contributed by atoms with Crippen molar-refractivity contribution in [3.8, 4) is 11.5 Å². The molecule has 28 heavy (non-hydrogen) atoms. The molecule has 0 aromatic heterocycles. The Labute approximate surface area is 184 Å². The third kappa shape index (κ3) is 7.55. The van der Waals surface area contributed by atoms with Crippen LogP contribution in [-0.2, 0) is 6.42 Å². The van der Waals surface area contributed by atoms with E-state index in [2.05, 4.69) is 15.6 Å². The third-order valence-electron chi connectivity index (χ3n) is 4.26. The maximum Gasteiger partial charge on any atom is 0.191 e. The smallest absolute Gasteiger partial charge is 0.191 e. The summed E-state index contributed by atoms with van der Waals surface area (Å²) in [6.07, 6.45) is 0.767. The summed E-state index contributed by atoms with van der Waals surface area (Å²) in [5.74, 6) is 1.31. The highest BCUT2D eigenvalue weighted by molar-refractivity contribution is 14.0. The molecular formula is C21H30IN3O3. The number of aliphatic imine (C=N–C) groups is 1. The normalized spacial score (nSPS) is 12.0. The Hall–Kier alpha value is -2.00. The van der Waals surface area contributed by atoms with Gasteiger partial charge in [0.05, 0.1) is 20.3 Å². The lowest BCUT2D eigenvalue weighted by molar-refractivity contribution is 0.268. The number of phenolic OH excluding ortho intramolecular Hbond substituents is 1. The van der Waals surface area contributed by atoms with Gasteiger partial charge in [-0.3, -0.25) is 4.99 Å². The fraction of sp³-hybridized carbons (Fsp3) is 0.381. The number of hydrogen-bond donors (Lipinski definition) is 4. The molecule has 7 heteroatoms. The Balaban J connectivity index is 0.00000392. The molecule has 0 heterocycles. The molecule has 0 fully saturated rings. The van der Waals surface area contributed by atoms with Crippen LogP contribution in [0.1, 0.15) is 24.0 Å². The van der Waals surface area contributed by atoms with E-state index < -0.39 is 0 Å². The van der Waals surface area contributed by atoms with Crippen LogP contribution in [0, 0.1) is 0 Å². The van der Waals surface area contributed by atoms with Gasteiger partial charge in [-0.25, -0.2) is 0 Å². The van der Waals surface area contributed by atoms with E-state index >= 15 is 0 Å². The van der Waals surface area contributed by atoms with E-state index in [1.54, 1.807) is 6.07 Å². The standard InChI is InChI=1S/C21H29N3O3.HI/c1-3-22-21(24-14-18(15-25)17-7-5-4-6-8-17)23-12-11-16-9-10-19(26)20(13-16)27-2;/h4-10,13,18,25-26H,3,11-12,14-15H2,1-2H3,(H2,22,23,24);1H. The summed E-state index contributed by atoms with van der Waals surface area (Å²) in [5.41, 5.74) is 2.14. The quantitative estimate of drug-likeness (QED) is 0.242. The molecule has 0 spiro atoms. The summed E-state index contributed by atoms with van der Waals surface area (Å²) in [6, 6.07) is 15.3. The van der Waals surface area contributed by atoms with Crippen molar-refractivity contribution in [2.24, 2.45) is 4.99 Å². The van der Waals surface area contributed by atoms with Crippen molar-refractivity contribution in [2.45, 2.75) is 19.3 Å². The van der Waals surface area contributed by atoms with Crippen molar-refractivity contribution in [1.29, 1.82) is 0 Å². The molecule has 154 valence electrons. The van der Waals surface area contributed by atoms with E-state index in [4.69, 9.17) is 4.74 Å². The van der Waals surface area contributed by atoms with Crippen molar-refractivity contribution >= 4 is 29.9 Å². The number of benzene rings is 2. The highest BCUT2D eigenvalue weighted by atomic mass is 127. The van der Waals surface area contributed by atoms with E-state index in [1.807, 2.05) is 49.4 Å². The van der Waals surface area contributed by atoms with Crippen LogP contribution in [0.25, 0.3) is 0 Å². The minimum Gasteiger partial charge on any atom is -0.504 e. The number of hydrogen-bond acceptors (Lipinski definition) is 4. The largest absolute Gasteiger partial charge is 0.504 e. The maximum absolute atomic E-state index is 9.68. The van der Waals surface area contributed by atoms with Crippen LogP contribution in [0.3, 0.4) is 0 Å². The van der Waals surface area contributed by atoms with Crippen LogP contribution in [0.5, 0.6) is 11.5 Å².